The number of nitrogens with zero attached hydrogens (tertiary/aromatic N) is 2. The summed E-state index contributed by atoms with van der Waals surface area (Å²) in [6.07, 6.45) is 8.44. The fraction of sp³-hybridized carbons (Fsp3) is 0.750. The third-order valence-corrected chi connectivity index (χ3v) is 4.91. The molecule has 116 valence electrons. The number of rotatable bonds is 4. The van der Waals surface area contributed by atoms with E-state index < -0.39 is 0 Å². The van der Waals surface area contributed by atoms with Crippen LogP contribution in [-0.2, 0) is 19.4 Å². The Hall–Kier alpha value is -1.36. The number of amides is 1. The molecule has 0 spiro atoms. The van der Waals surface area contributed by atoms with Gasteiger partial charge in [0.15, 0.2) is 5.69 Å². The van der Waals surface area contributed by atoms with Gasteiger partial charge in [-0.05, 0) is 39.0 Å². The summed E-state index contributed by atoms with van der Waals surface area (Å²) in [5.74, 6) is -0.0556. The van der Waals surface area contributed by atoms with Gasteiger partial charge in [0.25, 0.3) is 5.91 Å². The average molecular weight is 290 g/mol. The monoisotopic (exact) mass is 290 g/mol. The molecule has 5 heteroatoms. The third kappa shape index (κ3) is 2.84. The number of carbonyl (C=O) groups is 1. The molecule has 2 N–H and O–H groups in total. The van der Waals surface area contributed by atoms with Gasteiger partial charge < -0.3 is 10.6 Å². The molecule has 1 heterocycles. The van der Waals surface area contributed by atoms with Crippen molar-refractivity contribution in [2.24, 2.45) is 0 Å². The standard InChI is InChI=1S/C16H26N4O/c1-3-20-14-9-8-12(18-11-6-4-5-7-11)10-13(14)15(19-20)16(21)17-2/h11-12,18H,3-10H2,1-2H3,(H,17,21). The van der Waals surface area contributed by atoms with Crippen LogP contribution < -0.4 is 10.6 Å². The first-order chi connectivity index (χ1) is 10.2. The van der Waals surface area contributed by atoms with Gasteiger partial charge in [0.2, 0.25) is 0 Å². The van der Waals surface area contributed by atoms with Crippen molar-refractivity contribution in [2.75, 3.05) is 7.05 Å². The molecule has 1 aromatic heterocycles. The number of carbonyl (C=O) groups excluding carboxylic acids is 1. The van der Waals surface area contributed by atoms with E-state index in [1.807, 2.05) is 4.68 Å². The van der Waals surface area contributed by atoms with Gasteiger partial charge in [0.05, 0.1) is 0 Å². The van der Waals surface area contributed by atoms with Crippen LogP contribution in [0.15, 0.2) is 0 Å². The van der Waals surface area contributed by atoms with Crippen molar-refractivity contribution in [3.63, 3.8) is 0 Å². The molecule has 1 saturated carbocycles. The normalized spacial score (nSPS) is 22.3. The number of aromatic nitrogens is 2. The minimum Gasteiger partial charge on any atom is -0.354 e. The Kier molecular flexibility index (Phi) is 4.29. The van der Waals surface area contributed by atoms with Crippen molar-refractivity contribution in [3.05, 3.63) is 17.0 Å². The van der Waals surface area contributed by atoms with Crippen LogP contribution in [0, 0.1) is 0 Å². The predicted molar refractivity (Wildman–Crippen MR) is 82.5 cm³/mol. The molecule has 1 amide bonds. The zero-order valence-electron chi connectivity index (χ0n) is 13.1. The fourth-order valence-corrected chi connectivity index (χ4v) is 3.82. The molecule has 1 atom stereocenters. The maximum Gasteiger partial charge on any atom is 0.271 e. The average Bonchev–Trinajstić information content (AvgIpc) is 3.13. The molecule has 1 aromatic rings. The van der Waals surface area contributed by atoms with E-state index in [0.29, 0.717) is 17.8 Å². The van der Waals surface area contributed by atoms with E-state index in [1.165, 1.54) is 31.4 Å². The molecule has 21 heavy (non-hydrogen) atoms. The van der Waals surface area contributed by atoms with Gasteiger partial charge in [-0.2, -0.15) is 5.10 Å². The smallest absolute Gasteiger partial charge is 0.271 e. The summed E-state index contributed by atoms with van der Waals surface area (Å²) in [4.78, 5) is 12.1. The van der Waals surface area contributed by atoms with Crippen LogP contribution in [0.25, 0.3) is 0 Å². The Labute approximate surface area is 126 Å². The number of hydrogen-bond acceptors (Lipinski definition) is 3. The molecule has 1 fully saturated rings. The zero-order chi connectivity index (χ0) is 14.8. The third-order valence-electron chi connectivity index (χ3n) is 4.91. The van der Waals surface area contributed by atoms with Crippen molar-refractivity contribution in [1.82, 2.24) is 20.4 Å². The molecule has 1 unspecified atom stereocenters. The number of aryl methyl sites for hydroxylation is 1. The van der Waals surface area contributed by atoms with Crippen LogP contribution in [0.5, 0.6) is 0 Å². The molecule has 3 rings (SSSR count). The molecule has 0 aromatic carbocycles. The zero-order valence-corrected chi connectivity index (χ0v) is 13.1. The maximum absolute atomic E-state index is 12.1. The molecule has 5 nitrogen and oxygen atoms in total. The highest BCUT2D eigenvalue weighted by molar-refractivity contribution is 5.93. The van der Waals surface area contributed by atoms with E-state index in [9.17, 15) is 4.79 Å². The summed E-state index contributed by atoms with van der Waals surface area (Å²) in [5.41, 5.74) is 3.06. The summed E-state index contributed by atoms with van der Waals surface area (Å²) in [6.45, 7) is 2.92. The highest BCUT2D eigenvalue weighted by Gasteiger charge is 2.29. The van der Waals surface area contributed by atoms with Crippen LogP contribution in [-0.4, -0.2) is 34.8 Å². The molecule has 0 radical (unpaired) electrons. The Morgan fingerprint density at radius 3 is 2.71 bits per heavy atom. The minimum atomic E-state index is -0.0556. The Bertz CT molecular complexity index is 517. The Morgan fingerprint density at radius 2 is 2.05 bits per heavy atom. The van der Waals surface area contributed by atoms with Crippen molar-refractivity contribution < 1.29 is 4.79 Å². The van der Waals surface area contributed by atoms with Crippen LogP contribution in [0.1, 0.15) is 60.8 Å². The van der Waals surface area contributed by atoms with E-state index in [2.05, 4.69) is 22.7 Å². The van der Waals surface area contributed by atoms with Crippen LogP contribution >= 0.6 is 0 Å². The van der Waals surface area contributed by atoms with Gasteiger partial charge in [-0.1, -0.05) is 12.8 Å². The van der Waals surface area contributed by atoms with Crippen molar-refractivity contribution >= 4 is 5.91 Å². The maximum atomic E-state index is 12.1. The second-order valence-corrected chi connectivity index (χ2v) is 6.26. The van der Waals surface area contributed by atoms with Crippen LogP contribution in [0.3, 0.4) is 0 Å². The van der Waals surface area contributed by atoms with Gasteiger partial charge in [-0.15, -0.1) is 0 Å². The quantitative estimate of drug-likeness (QED) is 0.886. The molecule has 2 aliphatic carbocycles. The molecule has 0 aliphatic heterocycles. The van der Waals surface area contributed by atoms with Crippen molar-refractivity contribution in [1.29, 1.82) is 0 Å². The van der Waals surface area contributed by atoms with Crippen LogP contribution in [0.2, 0.25) is 0 Å². The first kappa shape index (κ1) is 14.6. The summed E-state index contributed by atoms with van der Waals surface area (Å²) in [5, 5.41) is 11.0. The lowest BCUT2D eigenvalue weighted by atomic mass is 9.90. The van der Waals surface area contributed by atoms with Gasteiger partial charge >= 0.3 is 0 Å². The number of nitrogens with one attached hydrogen (secondary N) is 2. The molecular formula is C16H26N4O. The van der Waals surface area contributed by atoms with Gasteiger partial charge in [0.1, 0.15) is 0 Å². The van der Waals surface area contributed by atoms with Gasteiger partial charge in [-0.25, -0.2) is 0 Å². The number of fused-ring (bicyclic) bond motifs is 1. The lowest BCUT2D eigenvalue weighted by Crippen LogP contribution is -2.40. The van der Waals surface area contributed by atoms with Gasteiger partial charge in [-0.3, -0.25) is 9.48 Å². The summed E-state index contributed by atoms with van der Waals surface area (Å²) in [7, 11) is 1.68. The Balaban J connectivity index is 1.79. The lowest BCUT2D eigenvalue weighted by molar-refractivity contribution is 0.0956. The largest absolute Gasteiger partial charge is 0.354 e. The fourth-order valence-electron chi connectivity index (χ4n) is 3.82. The molecule has 2 aliphatic rings. The summed E-state index contributed by atoms with van der Waals surface area (Å²) in [6, 6.07) is 1.18. The lowest BCUT2D eigenvalue weighted by Gasteiger charge is -2.27. The highest BCUT2D eigenvalue weighted by atomic mass is 16.1. The predicted octanol–water partition coefficient (Wildman–Crippen LogP) is 1.65. The van der Waals surface area contributed by atoms with Crippen LogP contribution in [0.4, 0.5) is 0 Å². The second kappa shape index (κ2) is 6.18. The van der Waals surface area contributed by atoms with E-state index in [1.54, 1.807) is 7.05 Å². The molecule has 0 saturated heterocycles. The van der Waals surface area contributed by atoms with E-state index in [-0.39, 0.29) is 5.91 Å². The van der Waals surface area contributed by atoms with E-state index in [4.69, 9.17) is 0 Å². The van der Waals surface area contributed by atoms with Crippen molar-refractivity contribution in [3.8, 4) is 0 Å². The first-order valence-corrected chi connectivity index (χ1v) is 8.29. The first-order valence-electron chi connectivity index (χ1n) is 8.29. The Morgan fingerprint density at radius 1 is 1.29 bits per heavy atom. The minimum absolute atomic E-state index is 0.0556. The van der Waals surface area contributed by atoms with Gasteiger partial charge in [0, 0.05) is 36.9 Å². The summed E-state index contributed by atoms with van der Waals surface area (Å²) >= 11 is 0. The molecule has 0 bridgehead atoms. The van der Waals surface area contributed by atoms with E-state index in [0.717, 1.165) is 31.4 Å². The topological polar surface area (TPSA) is 59.0 Å². The second-order valence-electron chi connectivity index (χ2n) is 6.26. The molecular weight excluding hydrogens is 264 g/mol. The van der Waals surface area contributed by atoms with Crippen molar-refractivity contribution in [2.45, 2.75) is 70.5 Å². The number of hydrogen-bond donors (Lipinski definition) is 2. The SMILES string of the molecule is CCn1nc(C(=O)NC)c2c1CCC(NC1CCCC1)C2. The highest BCUT2D eigenvalue weighted by Crippen LogP contribution is 2.27. The van der Waals surface area contributed by atoms with E-state index >= 15 is 0 Å². The summed E-state index contributed by atoms with van der Waals surface area (Å²) < 4.78 is 2.01.